The van der Waals surface area contributed by atoms with Crippen LogP contribution in [0.1, 0.15) is 30.1 Å². The number of nitrogens with one attached hydrogen (secondary N) is 1. The van der Waals surface area contributed by atoms with E-state index in [0.29, 0.717) is 17.4 Å². The van der Waals surface area contributed by atoms with Crippen molar-refractivity contribution in [2.45, 2.75) is 25.2 Å². The van der Waals surface area contributed by atoms with Crippen LogP contribution in [-0.2, 0) is 11.2 Å². The third-order valence-corrected chi connectivity index (χ3v) is 4.19. The quantitative estimate of drug-likeness (QED) is 0.947. The lowest BCUT2D eigenvalue weighted by Gasteiger charge is -2.31. The van der Waals surface area contributed by atoms with Gasteiger partial charge in [0.2, 0.25) is 5.91 Å². The number of benzene rings is 1. The van der Waals surface area contributed by atoms with Crippen molar-refractivity contribution in [3.05, 3.63) is 47.0 Å². The number of likely N-dealkylation sites (tertiary alicyclic amines) is 1. The zero-order valence-corrected chi connectivity index (χ0v) is 12.4. The van der Waals surface area contributed by atoms with E-state index in [0.717, 1.165) is 37.3 Å². The van der Waals surface area contributed by atoms with E-state index >= 15 is 0 Å². The molecule has 6 heteroatoms. The minimum Gasteiger partial charge on any atom is -0.342 e. The van der Waals surface area contributed by atoms with Crippen LogP contribution in [0, 0.1) is 0 Å². The highest BCUT2D eigenvalue weighted by atomic mass is 35.5. The van der Waals surface area contributed by atoms with Crippen molar-refractivity contribution in [2.75, 3.05) is 13.1 Å². The number of halogens is 1. The van der Waals surface area contributed by atoms with E-state index in [1.807, 2.05) is 29.2 Å². The Bertz CT molecular complexity index is 589. The van der Waals surface area contributed by atoms with Gasteiger partial charge in [0.1, 0.15) is 12.2 Å². The summed E-state index contributed by atoms with van der Waals surface area (Å²) in [4.78, 5) is 18.4. The maximum absolute atomic E-state index is 12.3. The molecule has 2 aromatic rings. The maximum atomic E-state index is 12.3. The number of carbonyl (C=O) groups excluding carboxylic acids is 1. The van der Waals surface area contributed by atoms with Crippen LogP contribution in [0.5, 0.6) is 0 Å². The lowest BCUT2D eigenvalue weighted by atomic mass is 9.96. The summed E-state index contributed by atoms with van der Waals surface area (Å²) in [7, 11) is 0. The van der Waals surface area contributed by atoms with Crippen molar-refractivity contribution >= 4 is 17.5 Å². The fourth-order valence-electron chi connectivity index (χ4n) is 2.70. The molecule has 1 aromatic carbocycles. The van der Waals surface area contributed by atoms with Crippen molar-refractivity contribution in [3.63, 3.8) is 0 Å². The van der Waals surface area contributed by atoms with Gasteiger partial charge in [0.05, 0.1) is 6.42 Å². The van der Waals surface area contributed by atoms with Gasteiger partial charge in [-0.2, -0.15) is 5.10 Å². The summed E-state index contributed by atoms with van der Waals surface area (Å²) in [6, 6.07) is 7.45. The lowest BCUT2D eigenvalue weighted by molar-refractivity contribution is -0.131. The van der Waals surface area contributed by atoms with Gasteiger partial charge in [0, 0.05) is 24.0 Å². The summed E-state index contributed by atoms with van der Waals surface area (Å²) in [5.41, 5.74) is 1.00. The standard InChI is InChI=1S/C15H17ClN4O/c16-13-3-1-11(2-4-13)9-14(21)20-7-5-12(6-8-20)15-17-10-18-19-15/h1-4,10,12H,5-9H2,(H,17,18,19). The second-order valence-electron chi connectivity index (χ2n) is 5.33. The van der Waals surface area contributed by atoms with Crippen molar-refractivity contribution in [3.8, 4) is 0 Å². The lowest BCUT2D eigenvalue weighted by Crippen LogP contribution is -2.39. The Morgan fingerprint density at radius 2 is 2.00 bits per heavy atom. The molecular formula is C15H17ClN4O. The summed E-state index contributed by atoms with van der Waals surface area (Å²) in [5, 5.41) is 7.50. The van der Waals surface area contributed by atoms with Crippen LogP contribution in [0.15, 0.2) is 30.6 Å². The largest absolute Gasteiger partial charge is 0.342 e. The number of hydrogen-bond donors (Lipinski definition) is 1. The number of carbonyl (C=O) groups is 1. The minimum atomic E-state index is 0.174. The molecule has 21 heavy (non-hydrogen) atoms. The molecule has 0 bridgehead atoms. The molecule has 0 saturated carbocycles. The van der Waals surface area contributed by atoms with Crippen LogP contribution in [0.3, 0.4) is 0 Å². The zero-order chi connectivity index (χ0) is 14.7. The maximum Gasteiger partial charge on any atom is 0.226 e. The predicted octanol–water partition coefficient (Wildman–Crippen LogP) is 2.41. The number of amides is 1. The van der Waals surface area contributed by atoms with Crippen LogP contribution in [0.25, 0.3) is 0 Å². The number of aromatic nitrogens is 3. The smallest absolute Gasteiger partial charge is 0.226 e. The second kappa shape index (κ2) is 6.26. The first-order valence-electron chi connectivity index (χ1n) is 7.10. The topological polar surface area (TPSA) is 61.9 Å². The highest BCUT2D eigenvalue weighted by Gasteiger charge is 2.25. The summed E-state index contributed by atoms with van der Waals surface area (Å²) in [6.45, 7) is 1.55. The Labute approximate surface area is 128 Å². The van der Waals surface area contributed by atoms with Gasteiger partial charge in [-0.25, -0.2) is 4.98 Å². The average Bonchev–Trinajstić information content (AvgIpc) is 3.04. The first-order chi connectivity index (χ1) is 10.2. The number of aromatic amines is 1. The van der Waals surface area contributed by atoms with Crippen molar-refractivity contribution in [1.82, 2.24) is 20.1 Å². The van der Waals surface area contributed by atoms with Crippen LogP contribution >= 0.6 is 11.6 Å². The van der Waals surface area contributed by atoms with Crippen LogP contribution in [0.2, 0.25) is 5.02 Å². The number of H-pyrrole nitrogens is 1. The summed E-state index contributed by atoms with van der Waals surface area (Å²) in [6.07, 6.45) is 3.83. The van der Waals surface area contributed by atoms with E-state index in [-0.39, 0.29) is 5.91 Å². The molecule has 1 aliphatic rings. The molecule has 0 atom stereocenters. The fourth-order valence-corrected chi connectivity index (χ4v) is 2.83. The number of piperidine rings is 1. The molecule has 1 N–H and O–H groups in total. The molecule has 1 amide bonds. The Morgan fingerprint density at radius 3 is 2.62 bits per heavy atom. The Kier molecular flexibility index (Phi) is 4.20. The van der Waals surface area contributed by atoms with Crippen LogP contribution in [0.4, 0.5) is 0 Å². The second-order valence-corrected chi connectivity index (χ2v) is 5.77. The van der Waals surface area contributed by atoms with E-state index in [1.54, 1.807) is 0 Å². The summed E-state index contributed by atoms with van der Waals surface area (Å²) in [5.74, 6) is 1.49. The van der Waals surface area contributed by atoms with Gasteiger partial charge in [-0.3, -0.25) is 9.89 Å². The Balaban J connectivity index is 1.54. The molecular weight excluding hydrogens is 288 g/mol. The minimum absolute atomic E-state index is 0.174. The first kappa shape index (κ1) is 14.1. The van der Waals surface area contributed by atoms with E-state index in [2.05, 4.69) is 15.2 Å². The van der Waals surface area contributed by atoms with Crippen LogP contribution in [-0.4, -0.2) is 39.1 Å². The van der Waals surface area contributed by atoms with Gasteiger partial charge in [-0.15, -0.1) is 0 Å². The normalized spacial score (nSPS) is 16.1. The van der Waals surface area contributed by atoms with Gasteiger partial charge >= 0.3 is 0 Å². The van der Waals surface area contributed by atoms with E-state index in [9.17, 15) is 4.79 Å². The fraction of sp³-hybridized carbons (Fsp3) is 0.400. The highest BCUT2D eigenvalue weighted by Crippen LogP contribution is 2.25. The van der Waals surface area contributed by atoms with E-state index in [4.69, 9.17) is 11.6 Å². The van der Waals surface area contributed by atoms with Gasteiger partial charge < -0.3 is 4.90 Å². The SMILES string of the molecule is O=C(Cc1ccc(Cl)cc1)N1CCC(c2ncn[nH]2)CC1. The summed E-state index contributed by atoms with van der Waals surface area (Å²) < 4.78 is 0. The van der Waals surface area contributed by atoms with Gasteiger partial charge in [0.15, 0.2) is 0 Å². The van der Waals surface area contributed by atoms with Crippen LogP contribution < -0.4 is 0 Å². The molecule has 3 rings (SSSR count). The average molecular weight is 305 g/mol. The molecule has 0 radical (unpaired) electrons. The monoisotopic (exact) mass is 304 g/mol. The van der Waals surface area contributed by atoms with Crippen molar-refractivity contribution in [2.24, 2.45) is 0 Å². The van der Waals surface area contributed by atoms with Crippen molar-refractivity contribution < 1.29 is 4.79 Å². The molecule has 1 aliphatic heterocycles. The molecule has 2 heterocycles. The third-order valence-electron chi connectivity index (χ3n) is 3.94. The molecule has 110 valence electrons. The highest BCUT2D eigenvalue weighted by molar-refractivity contribution is 6.30. The predicted molar refractivity (Wildman–Crippen MR) is 80.1 cm³/mol. The van der Waals surface area contributed by atoms with Gasteiger partial charge in [-0.1, -0.05) is 23.7 Å². The number of nitrogens with zero attached hydrogens (tertiary/aromatic N) is 3. The van der Waals surface area contributed by atoms with E-state index < -0.39 is 0 Å². The molecule has 1 saturated heterocycles. The van der Waals surface area contributed by atoms with Gasteiger partial charge in [-0.05, 0) is 30.5 Å². The van der Waals surface area contributed by atoms with Gasteiger partial charge in [0.25, 0.3) is 0 Å². The molecule has 1 aromatic heterocycles. The summed E-state index contributed by atoms with van der Waals surface area (Å²) >= 11 is 5.85. The number of hydrogen-bond acceptors (Lipinski definition) is 3. The molecule has 0 aliphatic carbocycles. The number of rotatable bonds is 3. The zero-order valence-electron chi connectivity index (χ0n) is 11.6. The Hall–Kier alpha value is -1.88. The molecule has 1 fully saturated rings. The third kappa shape index (κ3) is 3.42. The molecule has 0 spiro atoms. The first-order valence-corrected chi connectivity index (χ1v) is 7.47. The molecule has 0 unspecified atom stereocenters. The Morgan fingerprint density at radius 1 is 1.29 bits per heavy atom. The van der Waals surface area contributed by atoms with E-state index in [1.165, 1.54) is 6.33 Å². The van der Waals surface area contributed by atoms with Crippen molar-refractivity contribution in [1.29, 1.82) is 0 Å². The molecule has 5 nitrogen and oxygen atoms in total.